The molecule has 30 heavy (non-hydrogen) atoms. The fraction of sp³-hybridized carbons (Fsp3) is 0.412. The van der Waals surface area contributed by atoms with Gasteiger partial charge in [-0.2, -0.15) is 26.3 Å². The first-order valence-corrected chi connectivity index (χ1v) is 10.2. The molecule has 1 atom stereocenters. The van der Waals surface area contributed by atoms with Crippen LogP contribution >= 0.6 is 0 Å². The Hall–Kier alpha value is -2.57. The highest BCUT2D eigenvalue weighted by molar-refractivity contribution is 7.90. The molecule has 0 radical (unpaired) electrons. The summed E-state index contributed by atoms with van der Waals surface area (Å²) in [7, 11) is -4.06. The summed E-state index contributed by atoms with van der Waals surface area (Å²) >= 11 is 0. The van der Waals surface area contributed by atoms with Crippen LogP contribution in [-0.2, 0) is 25.5 Å². The van der Waals surface area contributed by atoms with Crippen LogP contribution in [0.1, 0.15) is 47.3 Å². The lowest BCUT2D eigenvalue weighted by Gasteiger charge is -2.23. The predicted molar refractivity (Wildman–Crippen MR) is 87.0 cm³/mol. The number of sulfone groups is 1. The number of nitrogens with zero attached hydrogens (tertiary/aromatic N) is 1. The molecule has 1 aromatic heterocycles. The second-order valence-electron chi connectivity index (χ2n) is 6.72. The molecule has 0 spiro atoms. The fourth-order valence-corrected chi connectivity index (χ4v) is 3.46. The largest absolute Gasteiger partial charge is 0.490 e. The van der Waals surface area contributed by atoms with Gasteiger partial charge in [0, 0.05) is 17.7 Å². The van der Waals surface area contributed by atoms with Crippen molar-refractivity contribution in [3.8, 4) is 0 Å². The maximum atomic E-state index is 13.7. The SMILES string of the molecule is CS(=O)(=O)c1ccc(C(OC(=O)C(F)(F)F)c2cnoc2C2CC2)c(C(F)(F)F)c1. The summed E-state index contributed by atoms with van der Waals surface area (Å²) in [5.74, 6) is -2.98. The van der Waals surface area contributed by atoms with Crippen LogP contribution in [0.5, 0.6) is 0 Å². The van der Waals surface area contributed by atoms with Gasteiger partial charge >= 0.3 is 18.3 Å². The molecule has 0 bridgehead atoms. The van der Waals surface area contributed by atoms with Gasteiger partial charge in [0.2, 0.25) is 0 Å². The normalized spacial score (nSPS) is 16.4. The van der Waals surface area contributed by atoms with Crippen LogP contribution in [0, 0.1) is 0 Å². The summed E-state index contributed by atoms with van der Waals surface area (Å²) in [6.45, 7) is 0. The Morgan fingerprint density at radius 1 is 1.17 bits per heavy atom. The molecule has 0 aliphatic heterocycles. The molecule has 1 aliphatic carbocycles. The van der Waals surface area contributed by atoms with E-state index >= 15 is 0 Å². The molecular formula is C17H13F6NO5S. The standard InChI is InChI=1S/C17H13F6NO5S/c1-30(26,27)9-4-5-10(12(6-9)16(18,19)20)14(28-15(25)17(21,22)23)11-7-24-29-13(11)8-2-3-8/h4-8,14H,2-3H2,1H3. The Bertz CT molecular complexity index is 1070. The summed E-state index contributed by atoms with van der Waals surface area (Å²) in [6, 6.07) is 1.74. The monoisotopic (exact) mass is 457 g/mol. The number of alkyl halides is 6. The molecule has 0 saturated heterocycles. The highest BCUT2D eigenvalue weighted by Gasteiger charge is 2.46. The Morgan fingerprint density at radius 3 is 2.30 bits per heavy atom. The van der Waals surface area contributed by atoms with Gasteiger partial charge in [0.1, 0.15) is 5.76 Å². The third kappa shape index (κ3) is 4.60. The van der Waals surface area contributed by atoms with Crippen molar-refractivity contribution in [3.05, 3.63) is 46.8 Å². The van der Waals surface area contributed by atoms with Crippen LogP contribution in [0.2, 0.25) is 0 Å². The average Bonchev–Trinajstić information content (AvgIpc) is 3.34. The number of halogens is 6. The number of hydrogen-bond donors (Lipinski definition) is 0. The van der Waals surface area contributed by atoms with E-state index in [0.29, 0.717) is 25.2 Å². The summed E-state index contributed by atoms with van der Waals surface area (Å²) in [4.78, 5) is 10.8. The maximum absolute atomic E-state index is 13.7. The molecule has 0 amide bonds. The number of carbonyl (C=O) groups is 1. The van der Waals surface area contributed by atoms with Crippen molar-refractivity contribution in [3.63, 3.8) is 0 Å². The average molecular weight is 457 g/mol. The first kappa shape index (κ1) is 22.1. The Labute approximate surface area is 165 Å². The summed E-state index contributed by atoms with van der Waals surface area (Å²) in [6.07, 6.45) is -10.1. The van der Waals surface area contributed by atoms with Gasteiger partial charge < -0.3 is 9.26 Å². The Morgan fingerprint density at radius 2 is 1.80 bits per heavy atom. The van der Waals surface area contributed by atoms with Crippen molar-refractivity contribution in [2.75, 3.05) is 6.26 Å². The van der Waals surface area contributed by atoms with Crippen molar-refractivity contribution in [2.24, 2.45) is 0 Å². The first-order chi connectivity index (χ1) is 13.7. The van der Waals surface area contributed by atoms with Crippen LogP contribution in [-0.4, -0.2) is 32.0 Å². The smallest absolute Gasteiger partial charge is 0.446 e. The van der Waals surface area contributed by atoms with Gasteiger partial charge in [-0.25, -0.2) is 13.2 Å². The van der Waals surface area contributed by atoms with E-state index < -0.39 is 50.3 Å². The highest BCUT2D eigenvalue weighted by atomic mass is 32.2. The zero-order chi connectivity index (χ0) is 22.5. The van der Waals surface area contributed by atoms with Gasteiger partial charge in [0.15, 0.2) is 15.9 Å². The van der Waals surface area contributed by atoms with Gasteiger partial charge in [0.25, 0.3) is 0 Å². The molecule has 1 unspecified atom stereocenters. The fourth-order valence-electron chi connectivity index (χ4n) is 2.82. The van der Waals surface area contributed by atoms with E-state index in [4.69, 9.17) is 4.52 Å². The first-order valence-electron chi connectivity index (χ1n) is 8.33. The minimum absolute atomic E-state index is 0.00953. The molecule has 13 heteroatoms. The van der Waals surface area contributed by atoms with Crippen LogP contribution in [0.15, 0.2) is 33.8 Å². The minimum Gasteiger partial charge on any atom is -0.446 e. The van der Waals surface area contributed by atoms with Crippen molar-refractivity contribution in [1.82, 2.24) is 5.16 Å². The molecule has 1 aromatic carbocycles. The third-order valence-electron chi connectivity index (χ3n) is 4.36. The summed E-state index contributed by atoms with van der Waals surface area (Å²) < 4.78 is 112. The summed E-state index contributed by atoms with van der Waals surface area (Å²) in [5, 5.41) is 3.42. The van der Waals surface area contributed by atoms with Gasteiger partial charge in [-0.15, -0.1) is 0 Å². The van der Waals surface area contributed by atoms with Crippen LogP contribution in [0.3, 0.4) is 0 Å². The van der Waals surface area contributed by atoms with E-state index in [1.165, 1.54) is 0 Å². The second-order valence-corrected chi connectivity index (χ2v) is 8.74. The lowest BCUT2D eigenvalue weighted by Crippen LogP contribution is -2.28. The second kappa shape index (κ2) is 7.29. The van der Waals surface area contributed by atoms with E-state index in [-0.39, 0.29) is 23.3 Å². The molecule has 0 N–H and O–H groups in total. The molecule has 1 saturated carbocycles. The topological polar surface area (TPSA) is 86.5 Å². The molecule has 164 valence electrons. The molecule has 6 nitrogen and oxygen atoms in total. The predicted octanol–water partition coefficient (Wildman–Crippen LogP) is 4.17. The minimum atomic E-state index is -5.47. The van der Waals surface area contributed by atoms with E-state index in [2.05, 4.69) is 9.89 Å². The summed E-state index contributed by atoms with van der Waals surface area (Å²) in [5.41, 5.74) is -2.71. The van der Waals surface area contributed by atoms with E-state index in [1.807, 2.05) is 0 Å². The highest BCUT2D eigenvalue weighted by Crippen LogP contribution is 2.47. The number of esters is 1. The quantitative estimate of drug-likeness (QED) is 0.495. The number of rotatable bonds is 5. The van der Waals surface area contributed by atoms with E-state index in [0.717, 1.165) is 12.3 Å². The molecule has 2 aromatic rings. The van der Waals surface area contributed by atoms with Crippen LogP contribution in [0.4, 0.5) is 26.3 Å². The van der Waals surface area contributed by atoms with E-state index in [9.17, 15) is 39.6 Å². The third-order valence-corrected chi connectivity index (χ3v) is 5.47. The van der Waals surface area contributed by atoms with Crippen molar-refractivity contribution in [2.45, 2.75) is 42.1 Å². The number of benzene rings is 1. The zero-order valence-electron chi connectivity index (χ0n) is 15.0. The van der Waals surface area contributed by atoms with Crippen molar-refractivity contribution >= 4 is 15.8 Å². The number of ether oxygens (including phenoxy) is 1. The van der Waals surface area contributed by atoms with Crippen molar-refractivity contribution in [1.29, 1.82) is 0 Å². The number of aromatic nitrogens is 1. The molecule has 1 heterocycles. The Balaban J connectivity index is 2.20. The van der Waals surface area contributed by atoms with Crippen LogP contribution < -0.4 is 0 Å². The van der Waals surface area contributed by atoms with Gasteiger partial charge in [-0.1, -0.05) is 11.2 Å². The molecule has 3 rings (SSSR count). The molecule has 1 aliphatic rings. The zero-order valence-corrected chi connectivity index (χ0v) is 15.9. The van der Waals surface area contributed by atoms with Gasteiger partial charge in [-0.3, -0.25) is 0 Å². The van der Waals surface area contributed by atoms with E-state index in [1.54, 1.807) is 0 Å². The molecular weight excluding hydrogens is 444 g/mol. The number of carbonyl (C=O) groups excluding carboxylic acids is 1. The molecule has 1 fully saturated rings. The van der Waals surface area contributed by atoms with Crippen molar-refractivity contribution < 1.29 is 48.8 Å². The maximum Gasteiger partial charge on any atom is 0.490 e. The lowest BCUT2D eigenvalue weighted by molar-refractivity contribution is -0.204. The number of hydrogen-bond acceptors (Lipinski definition) is 6. The van der Waals surface area contributed by atoms with Crippen LogP contribution in [0.25, 0.3) is 0 Å². The van der Waals surface area contributed by atoms with Gasteiger partial charge in [-0.05, 0) is 25.0 Å². The lowest BCUT2D eigenvalue weighted by atomic mass is 9.95. The van der Waals surface area contributed by atoms with Gasteiger partial charge in [0.05, 0.1) is 22.2 Å². The Kier molecular flexibility index (Phi) is 5.37.